The maximum atomic E-state index is 11.8. The van der Waals surface area contributed by atoms with Crippen LogP contribution in [0.2, 0.25) is 0 Å². The standard InChI is InChI=1S/C12H12N4O4/c1-14-7-8(6-13)12(17)15-10-4-3-9(16(18)19)5-11(10)20-2/h3-5,7,14H,1-2H3,(H,15,17)/b8-7-. The lowest BCUT2D eigenvalue weighted by Crippen LogP contribution is -2.16. The highest BCUT2D eigenvalue weighted by Gasteiger charge is 2.15. The van der Waals surface area contributed by atoms with Crippen molar-refractivity contribution in [2.75, 3.05) is 19.5 Å². The van der Waals surface area contributed by atoms with Gasteiger partial charge >= 0.3 is 0 Å². The van der Waals surface area contributed by atoms with Crippen molar-refractivity contribution in [3.05, 3.63) is 40.1 Å². The van der Waals surface area contributed by atoms with E-state index in [1.54, 1.807) is 13.1 Å². The van der Waals surface area contributed by atoms with Gasteiger partial charge in [-0.15, -0.1) is 0 Å². The first-order valence-corrected chi connectivity index (χ1v) is 5.44. The van der Waals surface area contributed by atoms with Crippen LogP contribution in [0.4, 0.5) is 11.4 Å². The van der Waals surface area contributed by atoms with Crippen LogP contribution in [0.5, 0.6) is 5.75 Å². The number of anilines is 1. The number of nitrogens with zero attached hydrogens (tertiary/aromatic N) is 2. The molecule has 0 saturated carbocycles. The van der Waals surface area contributed by atoms with E-state index in [2.05, 4.69) is 10.6 Å². The van der Waals surface area contributed by atoms with E-state index in [1.165, 1.54) is 31.5 Å². The number of rotatable bonds is 5. The Morgan fingerprint density at radius 1 is 1.55 bits per heavy atom. The highest BCUT2D eigenvalue weighted by Crippen LogP contribution is 2.29. The Balaban J connectivity index is 3.04. The molecule has 1 aromatic carbocycles. The zero-order valence-electron chi connectivity index (χ0n) is 10.8. The van der Waals surface area contributed by atoms with Crippen LogP contribution in [0.3, 0.4) is 0 Å². The lowest BCUT2D eigenvalue weighted by Gasteiger charge is -2.09. The summed E-state index contributed by atoms with van der Waals surface area (Å²) in [5.41, 5.74) is -0.0561. The van der Waals surface area contributed by atoms with Crippen molar-refractivity contribution in [1.82, 2.24) is 5.32 Å². The average Bonchev–Trinajstić information content (AvgIpc) is 2.44. The summed E-state index contributed by atoms with van der Waals surface area (Å²) in [7, 11) is 2.88. The number of nitriles is 1. The monoisotopic (exact) mass is 276 g/mol. The average molecular weight is 276 g/mol. The van der Waals surface area contributed by atoms with Crippen LogP contribution in [0.25, 0.3) is 0 Å². The number of carbonyl (C=O) groups is 1. The van der Waals surface area contributed by atoms with Crippen LogP contribution >= 0.6 is 0 Å². The molecule has 0 unspecified atom stereocenters. The number of benzene rings is 1. The molecule has 0 heterocycles. The third-order valence-corrected chi connectivity index (χ3v) is 2.30. The Kier molecular flexibility index (Phi) is 5.05. The number of methoxy groups -OCH3 is 1. The Labute approximate surface area is 114 Å². The van der Waals surface area contributed by atoms with Crippen molar-refractivity contribution >= 4 is 17.3 Å². The van der Waals surface area contributed by atoms with Crippen molar-refractivity contribution in [2.45, 2.75) is 0 Å². The molecule has 0 aliphatic heterocycles. The molecule has 104 valence electrons. The molecule has 1 aromatic rings. The number of nitro groups is 1. The van der Waals surface area contributed by atoms with Gasteiger partial charge in [0.05, 0.1) is 23.8 Å². The summed E-state index contributed by atoms with van der Waals surface area (Å²) in [6.07, 6.45) is 1.24. The topological polar surface area (TPSA) is 117 Å². The zero-order chi connectivity index (χ0) is 15.1. The van der Waals surface area contributed by atoms with Crippen LogP contribution in [0.1, 0.15) is 0 Å². The predicted octanol–water partition coefficient (Wildman–Crippen LogP) is 1.17. The second-order valence-corrected chi connectivity index (χ2v) is 3.55. The molecule has 0 aliphatic rings. The molecule has 0 aliphatic carbocycles. The van der Waals surface area contributed by atoms with Gasteiger partial charge in [-0.05, 0) is 6.07 Å². The first-order valence-electron chi connectivity index (χ1n) is 5.44. The van der Waals surface area contributed by atoms with Crippen LogP contribution in [0, 0.1) is 21.4 Å². The molecule has 8 nitrogen and oxygen atoms in total. The van der Waals surface area contributed by atoms with Crippen LogP contribution in [-0.2, 0) is 4.79 Å². The predicted molar refractivity (Wildman–Crippen MR) is 71.0 cm³/mol. The van der Waals surface area contributed by atoms with Gasteiger partial charge in [0.1, 0.15) is 17.4 Å². The van der Waals surface area contributed by atoms with E-state index in [0.717, 1.165) is 0 Å². The number of non-ortho nitro benzene ring substituents is 1. The SMILES string of the molecule is CN/C=C(/C#N)C(=O)Nc1ccc([N+](=O)[O-])cc1OC. The van der Waals surface area contributed by atoms with Crippen LogP contribution in [-0.4, -0.2) is 25.0 Å². The molecule has 1 amide bonds. The normalized spacial score (nSPS) is 10.3. The second-order valence-electron chi connectivity index (χ2n) is 3.55. The van der Waals surface area contributed by atoms with E-state index in [9.17, 15) is 14.9 Å². The third kappa shape index (κ3) is 3.46. The van der Waals surface area contributed by atoms with Gasteiger partial charge in [0, 0.05) is 19.3 Å². The Hall–Kier alpha value is -3.08. The van der Waals surface area contributed by atoms with E-state index in [0.29, 0.717) is 0 Å². The second kappa shape index (κ2) is 6.75. The molecule has 0 aromatic heterocycles. The van der Waals surface area contributed by atoms with Gasteiger partial charge in [0.2, 0.25) is 0 Å². The molecular weight excluding hydrogens is 264 g/mol. The smallest absolute Gasteiger partial charge is 0.273 e. The molecule has 20 heavy (non-hydrogen) atoms. The van der Waals surface area contributed by atoms with Gasteiger partial charge in [-0.3, -0.25) is 14.9 Å². The first-order chi connectivity index (χ1) is 9.53. The van der Waals surface area contributed by atoms with Gasteiger partial charge in [-0.25, -0.2) is 0 Å². The molecule has 0 bridgehead atoms. The summed E-state index contributed by atoms with van der Waals surface area (Å²) in [6.45, 7) is 0. The van der Waals surface area contributed by atoms with Gasteiger partial charge in [0.25, 0.3) is 11.6 Å². The van der Waals surface area contributed by atoms with E-state index < -0.39 is 10.8 Å². The van der Waals surface area contributed by atoms with Gasteiger partial charge < -0.3 is 15.4 Å². The fraction of sp³-hybridized carbons (Fsp3) is 0.167. The summed E-state index contributed by atoms with van der Waals surface area (Å²) in [5.74, 6) is -0.511. The number of nitro benzene ring substituents is 1. The van der Waals surface area contributed by atoms with Gasteiger partial charge in [0.15, 0.2) is 0 Å². The number of hydrogen-bond acceptors (Lipinski definition) is 6. The lowest BCUT2D eigenvalue weighted by molar-refractivity contribution is -0.384. The minimum absolute atomic E-state index is 0.132. The van der Waals surface area contributed by atoms with Crippen molar-refractivity contribution in [3.8, 4) is 11.8 Å². The van der Waals surface area contributed by atoms with Crippen LogP contribution in [0.15, 0.2) is 30.0 Å². The fourth-order valence-corrected chi connectivity index (χ4v) is 1.38. The van der Waals surface area contributed by atoms with Crippen molar-refractivity contribution < 1.29 is 14.5 Å². The molecular formula is C12H12N4O4. The Morgan fingerprint density at radius 2 is 2.25 bits per heavy atom. The van der Waals surface area contributed by atoms with E-state index in [4.69, 9.17) is 10.00 Å². The Morgan fingerprint density at radius 3 is 2.75 bits per heavy atom. The minimum Gasteiger partial charge on any atom is -0.494 e. The highest BCUT2D eigenvalue weighted by molar-refractivity contribution is 6.07. The van der Waals surface area contributed by atoms with Crippen molar-refractivity contribution in [2.24, 2.45) is 0 Å². The molecule has 2 N–H and O–H groups in total. The van der Waals surface area contributed by atoms with Gasteiger partial charge in [-0.1, -0.05) is 0 Å². The molecule has 0 atom stereocenters. The molecule has 8 heteroatoms. The summed E-state index contributed by atoms with van der Waals surface area (Å²) in [5, 5.41) is 24.5. The number of nitrogens with one attached hydrogen (secondary N) is 2. The quantitative estimate of drug-likeness (QED) is 0.361. The van der Waals surface area contributed by atoms with E-state index >= 15 is 0 Å². The van der Waals surface area contributed by atoms with E-state index in [-0.39, 0.29) is 22.7 Å². The van der Waals surface area contributed by atoms with Crippen molar-refractivity contribution in [3.63, 3.8) is 0 Å². The highest BCUT2D eigenvalue weighted by atomic mass is 16.6. The number of carbonyl (C=O) groups excluding carboxylic acids is 1. The lowest BCUT2D eigenvalue weighted by atomic mass is 10.2. The molecule has 0 spiro atoms. The maximum absolute atomic E-state index is 11.8. The summed E-state index contributed by atoms with van der Waals surface area (Å²) >= 11 is 0. The molecule has 0 fully saturated rings. The molecule has 0 saturated heterocycles. The molecule has 0 radical (unpaired) electrons. The number of amides is 1. The van der Waals surface area contributed by atoms with Crippen LogP contribution < -0.4 is 15.4 Å². The van der Waals surface area contributed by atoms with E-state index in [1.807, 2.05) is 0 Å². The number of ether oxygens (including phenoxy) is 1. The molecule has 1 rings (SSSR count). The fourth-order valence-electron chi connectivity index (χ4n) is 1.38. The van der Waals surface area contributed by atoms with Gasteiger partial charge in [-0.2, -0.15) is 5.26 Å². The zero-order valence-corrected chi connectivity index (χ0v) is 10.8. The Bertz CT molecular complexity index is 604. The third-order valence-electron chi connectivity index (χ3n) is 2.30. The number of hydrogen-bond donors (Lipinski definition) is 2. The van der Waals surface area contributed by atoms with Crippen molar-refractivity contribution in [1.29, 1.82) is 5.26 Å². The summed E-state index contributed by atoms with van der Waals surface area (Å²) in [4.78, 5) is 21.9. The maximum Gasteiger partial charge on any atom is 0.273 e. The first kappa shape index (κ1) is 15.0. The largest absolute Gasteiger partial charge is 0.494 e. The summed E-state index contributed by atoms with van der Waals surface area (Å²) < 4.78 is 4.97. The minimum atomic E-state index is -0.644. The summed E-state index contributed by atoms with van der Waals surface area (Å²) in [6, 6.07) is 5.48.